The van der Waals surface area contributed by atoms with Crippen LogP contribution in [0, 0.1) is 11.6 Å². The summed E-state index contributed by atoms with van der Waals surface area (Å²) in [6.07, 6.45) is 0.867. The normalized spacial score (nSPS) is 10.5. The van der Waals surface area contributed by atoms with Crippen LogP contribution >= 0.6 is 23.8 Å². The van der Waals surface area contributed by atoms with Crippen molar-refractivity contribution in [3.63, 3.8) is 0 Å². The Morgan fingerprint density at radius 2 is 2.16 bits per heavy atom. The van der Waals surface area contributed by atoms with Crippen molar-refractivity contribution in [1.82, 2.24) is 9.97 Å². The van der Waals surface area contributed by atoms with Crippen LogP contribution in [0.4, 0.5) is 0 Å². The molecule has 1 heterocycles. The number of benzene rings is 1. The monoisotopic (exact) mass is 294 g/mol. The van der Waals surface area contributed by atoms with Gasteiger partial charge in [0.15, 0.2) is 0 Å². The molecule has 0 bridgehead atoms. The highest BCUT2D eigenvalue weighted by Crippen LogP contribution is 2.30. The highest BCUT2D eigenvalue weighted by atomic mass is 35.5. The van der Waals surface area contributed by atoms with E-state index in [0.717, 1.165) is 23.2 Å². The Labute approximate surface area is 122 Å². The summed E-state index contributed by atoms with van der Waals surface area (Å²) >= 11 is 11.3. The zero-order valence-electron chi connectivity index (χ0n) is 11.1. The smallest absolute Gasteiger partial charge is 0.142 e. The van der Waals surface area contributed by atoms with Crippen molar-refractivity contribution in [1.29, 1.82) is 0 Å². The van der Waals surface area contributed by atoms with Gasteiger partial charge in [-0.05, 0) is 31.5 Å². The second kappa shape index (κ2) is 5.72. The SMILES string of the molecule is CCc1c(C)[nH]c(-c2ccc(Cl)cc2OC)nc1=S. The van der Waals surface area contributed by atoms with Gasteiger partial charge in [-0.15, -0.1) is 0 Å². The van der Waals surface area contributed by atoms with Crippen molar-refractivity contribution in [2.45, 2.75) is 20.3 Å². The van der Waals surface area contributed by atoms with Crippen molar-refractivity contribution >= 4 is 23.8 Å². The number of halogens is 1. The summed E-state index contributed by atoms with van der Waals surface area (Å²) in [5, 5.41) is 0.626. The lowest BCUT2D eigenvalue weighted by Gasteiger charge is -2.11. The van der Waals surface area contributed by atoms with Crippen molar-refractivity contribution < 1.29 is 4.74 Å². The maximum Gasteiger partial charge on any atom is 0.142 e. The summed E-state index contributed by atoms with van der Waals surface area (Å²) in [6, 6.07) is 5.44. The van der Waals surface area contributed by atoms with E-state index in [4.69, 9.17) is 28.6 Å². The summed E-state index contributed by atoms with van der Waals surface area (Å²) in [4.78, 5) is 7.73. The van der Waals surface area contributed by atoms with Crippen LogP contribution in [0.25, 0.3) is 11.4 Å². The molecule has 0 aliphatic heterocycles. The molecule has 0 amide bonds. The van der Waals surface area contributed by atoms with Gasteiger partial charge in [-0.2, -0.15) is 0 Å². The molecule has 2 aromatic rings. The largest absolute Gasteiger partial charge is 0.496 e. The third kappa shape index (κ3) is 2.80. The van der Waals surface area contributed by atoms with Crippen molar-refractivity contribution in [3.8, 4) is 17.1 Å². The fourth-order valence-corrected chi connectivity index (χ4v) is 2.57. The average Bonchev–Trinajstić information content (AvgIpc) is 2.38. The second-order valence-electron chi connectivity index (χ2n) is 4.19. The van der Waals surface area contributed by atoms with E-state index in [0.29, 0.717) is 21.2 Å². The van der Waals surface area contributed by atoms with E-state index in [2.05, 4.69) is 16.9 Å². The third-order valence-electron chi connectivity index (χ3n) is 3.00. The predicted octanol–water partition coefficient (Wildman–Crippen LogP) is 4.34. The van der Waals surface area contributed by atoms with E-state index in [1.807, 2.05) is 13.0 Å². The molecule has 0 atom stereocenters. The van der Waals surface area contributed by atoms with Gasteiger partial charge in [-0.1, -0.05) is 30.7 Å². The molecule has 0 unspecified atom stereocenters. The minimum absolute atomic E-state index is 0.626. The number of H-pyrrole nitrogens is 1. The maximum absolute atomic E-state index is 5.96. The molecule has 5 heteroatoms. The fraction of sp³-hybridized carbons (Fsp3) is 0.286. The summed E-state index contributed by atoms with van der Waals surface area (Å²) in [6.45, 7) is 4.07. The van der Waals surface area contributed by atoms with Crippen LogP contribution in [-0.2, 0) is 6.42 Å². The van der Waals surface area contributed by atoms with Gasteiger partial charge in [-0.25, -0.2) is 4.98 Å². The number of rotatable bonds is 3. The molecule has 0 spiro atoms. The van der Waals surface area contributed by atoms with Crippen LogP contribution in [0.15, 0.2) is 18.2 Å². The number of methoxy groups -OCH3 is 1. The molecule has 100 valence electrons. The molecule has 0 saturated carbocycles. The van der Waals surface area contributed by atoms with E-state index in [1.54, 1.807) is 19.2 Å². The first-order chi connectivity index (χ1) is 9.06. The molecule has 0 radical (unpaired) electrons. The maximum atomic E-state index is 5.96. The number of aromatic nitrogens is 2. The topological polar surface area (TPSA) is 37.9 Å². The van der Waals surface area contributed by atoms with Gasteiger partial charge >= 0.3 is 0 Å². The zero-order chi connectivity index (χ0) is 14.0. The van der Waals surface area contributed by atoms with Gasteiger partial charge in [0.1, 0.15) is 16.2 Å². The van der Waals surface area contributed by atoms with Crippen LogP contribution in [0.3, 0.4) is 0 Å². The fourth-order valence-electron chi connectivity index (χ4n) is 2.02. The minimum atomic E-state index is 0.626. The number of ether oxygens (including phenoxy) is 1. The van der Waals surface area contributed by atoms with E-state index >= 15 is 0 Å². The lowest BCUT2D eigenvalue weighted by molar-refractivity contribution is 0.416. The van der Waals surface area contributed by atoms with E-state index in [1.165, 1.54) is 0 Å². The number of aromatic amines is 1. The third-order valence-corrected chi connectivity index (χ3v) is 3.58. The minimum Gasteiger partial charge on any atom is -0.496 e. The quantitative estimate of drug-likeness (QED) is 0.856. The highest BCUT2D eigenvalue weighted by molar-refractivity contribution is 7.71. The van der Waals surface area contributed by atoms with Gasteiger partial charge in [0.05, 0.1) is 12.7 Å². The van der Waals surface area contributed by atoms with E-state index < -0.39 is 0 Å². The Balaban J connectivity index is 2.63. The molecule has 1 aromatic carbocycles. The average molecular weight is 295 g/mol. The Morgan fingerprint density at radius 3 is 2.74 bits per heavy atom. The summed E-state index contributed by atoms with van der Waals surface area (Å²) in [5.41, 5.74) is 2.96. The molecule has 1 N–H and O–H groups in total. The van der Waals surface area contributed by atoms with Gasteiger partial charge < -0.3 is 9.72 Å². The molecule has 1 aromatic heterocycles. The lowest BCUT2D eigenvalue weighted by Crippen LogP contribution is -2.00. The molecule has 19 heavy (non-hydrogen) atoms. The Bertz CT molecular complexity index is 667. The van der Waals surface area contributed by atoms with Crippen molar-refractivity contribution in [2.24, 2.45) is 0 Å². The summed E-state index contributed by atoms with van der Waals surface area (Å²) in [5.74, 6) is 1.38. The van der Waals surface area contributed by atoms with Crippen LogP contribution < -0.4 is 4.74 Å². The first kappa shape index (κ1) is 14.0. The number of nitrogens with zero attached hydrogens (tertiary/aromatic N) is 1. The van der Waals surface area contributed by atoms with Crippen LogP contribution in [0.1, 0.15) is 18.2 Å². The van der Waals surface area contributed by atoms with Crippen LogP contribution in [0.2, 0.25) is 5.02 Å². The molecule has 2 rings (SSSR count). The van der Waals surface area contributed by atoms with E-state index in [-0.39, 0.29) is 0 Å². The molecule has 3 nitrogen and oxygen atoms in total. The molecule has 0 aliphatic carbocycles. The summed E-state index contributed by atoms with van der Waals surface area (Å²) in [7, 11) is 1.61. The predicted molar refractivity (Wildman–Crippen MR) is 80.5 cm³/mol. The van der Waals surface area contributed by atoms with Crippen molar-refractivity contribution in [3.05, 3.63) is 39.1 Å². The number of nitrogens with one attached hydrogen (secondary N) is 1. The number of hydrogen-bond acceptors (Lipinski definition) is 3. The second-order valence-corrected chi connectivity index (χ2v) is 5.02. The zero-order valence-corrected chi connectivity index (χ0v) is 12.7. The van der Waals surface area contributed by atoms with Gasteiger partial charge in [0.25, 0.3) is 0 Å². The Morgan fingerprint density at radius 1 is 1.42 bits per heavy atom. The molecule has 0 saturated heterocycles. The number of aryl methyl sites for hydroxylation is 1. The van der Waals surface area contributed by atoms with Crippen molar-refractivity contribution in [2.75, 3.05) is 7.11 Å². The Kier molecular flexibility index (Phi) is 4.22. The first-order valence-electron chi connectivity index (χ1n) is 6.00. The first-order valence-corrected chi connectivity index (χ1v) is 6.79. The molecule has 0 fully saturated rings. The molecular weight excluding hydrogens is 280 g/mol. The summed E-state index contributed by atoms with van der Waals surface area (Å²) < 4.78 is 5.97. The van der Waals surface area contributed by atoms with Gasteiger partial charge in [0.2, 0.25) is 0 Å². The Hall–Kier alpha value is -1.39. The number of hydrogen-bond donors (Lipinski definition) is 1. The van der Waals surface area contributed by atoms with E-state index in [9.17, 15) is 0 Å². The van der Waals surface area contributed by atoms with Gasteiger partial charge in [-0.3, -0.25) is 0 Å². The van der Waals surface area contributed by atoms with Gasteiger partial charge in [0, 0.05) is 16.3 Å². The standard InChI is InChI=1S/C14H15ClN2OS/c1-4-10-8(2)16-13(17-14(10)19)11-6-5-9(15)7-12(11)18-3/h5-7H,4H2,1-3H3,(H,16,17,19). The highest BCUT2D eigenvalue weighted by Gasteiger charge is 2.11. The van der Waals surface area contributed by atoms with Crippen LogP contribution in [0.5, 0.6) is 5.75 Å². The molecule has 0 aliphatic rings. The molecular formula is C14H15ClN2OS. The lowest BCUT2D eigenvalue weighted by atomic mass is 10.1. The van der Waals surface area contributed by atoms with Crippen LogP contribution in [-0.4, -0.2) is 17.1 Å².